The molecule has 0 atom stereocenters. The van der Waals surface area contributed by atoms with Crippen LogP contribution in [0, 0.1) is 6.92 Å². The third-order valence-corrected chi connectivity index (χ3v) is 4.40. The Balaban J connectivity index is 1.74. The average molecular weight is 363 g/mol. The molecule has 128 valence electrons. The number of carbonyl (C=O) groups excluding carboxylic acids is 1. The zero-order valence-electron chi connectivity index (χ0n) is 14.0. The molecule has 0 aliphatic heterocycles. The summed E-state index contributed by atoms with van der Waals surface area (Å²) in [5, 5.41) is 7.82. The molecule has 2 heterocycles. The predicted molar refractivity (Wildman–Crippen MR) is 103 cm³/mol. The largest absolute Gasteiger partial charge is 0.322 e. The topological polar surface area (TPSA) is 59.3 Å². The number of halogens is 1. The maximum Gasteiger partial charge on any atom is 0.261 e. The molecule has 5 nitrogen and oxygen atoms in total. The molecule has 0 saturated heterocycles. The first-order valence-corrected chi connectivity index (χ1v) is 8.47. The number of rotatable bonds is 3. The second-order valence-corrected chi connectivity index (χ2v) is 6.34. The van der Waals surface area contributed by atoms with Gasteiger partial charge in [-0.2, -0.15) is 5.10 Å². The zero-order chi connectivity index (χ0) is 18.1. The smallest absolute Gasteiger partial charge is 0.261 e. The van der Waals surface area contributed by atoms with Gasteiger partial charge >= 0.3 is 0 Å². The third kappa shape index (κ3) is 2.93. The molecule has 0 unspecified atom stereocenters. The SMILES string of the molecule is Cc1ccc(Cl)cc1NC(=O)c1cnn2c(-c3ccccc3)ccnc12. The fourth-order valence-corrected chi connectivity index (χ4v) is 2.97. The Morgan fingerprint density at radius 3 is 2.73 bits per heavy atom. The monoisotopic (exact) mass is 362 g/mol. The number of carbonyl (C=O) groups is 1. The van der Waals surface area contributed by atoms with E-state index in [1.54, 1.807) is 22.8 Å². The number of anilines is 1. The molecule has 0 spiro atoms. The summed E-state index contributed by atoms with van der Waals surface area (Å²) in [5.74, 6) is -0.275. The zero-order valence-corrected chi connectivity index (χ0v) is 14.7. The summed E-state index contributed by atoms with van der Waals surface area (Å²) in [6, 6.07) is 17.1. The predicted octanol–water partition coefficient (Wildman–Crippen LogP) is 4.61. The van der Waals surface area contributed by atoms with Gasteiger partial charge in [0.05, 0.1) is 11.9 Å². The van der Waals surface area contributed by atoms with E-state index < -0.39 is 0 Å². The molecule has 1 N–H and O–H groups in total. The van der Waals surface area contributed by atoms with Gasteiger partial charge in [0.25, 0.3) is 5.91 Å². The first kappa shape index (κ1) is 16.3. The van der Waals surface area contributed by atoms with E-state index in [4.69, 9.17) is 11.6 Å². The van der Waals surface area contributed by atoms with Crippen LogP contribution in [0.15, 0.2) is 67.0 Å². The summed E-state index contributed by atoms with van der Waals surface area (Å²) in [6.45, 7) is 1.91. The normalized spacial score (nSPS) is 10.8. The minimum atomic E-state index is -0.275. The molecule has 26 heavy (non-hydrogen) atoms. The van der Waals surface area contributed by atoms with Gasteiger partial charge in [0.15, 0.2) is 5.65 Å². The average Bonchev–Trinajstić information content (AvgIpc) is 3.10. The van der Waals surface area contributed by atoms with Gasteiger partial charge in [-0.25, -0.2) is 9.50 Å². The summed E-state index contributed by atoms with van der Waals surface area (Å²) in [5.41, 5.74) is 4.37. The number of hydrogen-bond acceptors (Lipinski definition) is 3. The third-order valence-electron chi connectivity index (χ3n) is 4.16. The first-order valence-electron chi connectivity index (χ1n) is 8.09. The van der Waals surface area contributed by atoms with Crippen molar-refractivity contribution >= 4 is 28.8 Å². The van der Waals surface area contributed by atoms with Crippen molar-refractivity contribution in [1.29, 1.82) is 0 Å². The Labute approximate surface area is 155 Å². The summed E-state index contributed by atoms with van der Waals surface area (Å²) >= 11 is 6.03. The van der Waals surface area contributed by atoms with Gasteiger partial charge in [0.1, 0.15) is 5.56 Å². The van der Waals surface area contributed by atoms with Crippen molar-refractivity contribution in [2.24, 2.45) is 0 Å². The second kappa shape index (κ2) is 6.61. The number of hydrogen-bond donors (Lipinski definition) is 1. The van der Waals surface area contributed by atoms with Crippen molar-refractivity contribution in [1.82, 2.24) is 14.6 Å². The lowest BCUT2D eigenvalue weighted by Crippen LogP contribution is -2.13. The molecule has 0 bridgehead atoms. The van der Waals surface area contributed by atoms with Gasteiger partial charge in [-0.15, -0.1) is 0 Å². The lowest BCUT2D eigenvalue weighted by molar-refractivity contribution is 0.102. The van der Waals surface area contributed by atoms with E-state index in [0.717, 1.165) is 16.8 Å². The highest BCUT2D eigenvalue weighted by atomic mass is 35.5. The fraction of sp³-hybridized carbons (Fsp3) is 0.0500. The Morgan fingerprint density at radius 1 is 1.12 bits per heavy atom. The number of nitrogens with one attached hydrogen (secondary N) is 1. The van der Waals surface area contributed by atoms with Crippen molar-refractivity contribution in [2.75, 3.05) is 5.32 Å². The summed E-state index contributed by atoms with van der Waals surface area (Å²) < 4.78 is 1.68. The van der Waals surface area contributed by atoms with Crippen molar-refractivity contribution in [3.8, 4) is 11.3 Å². The van der Waals surface area contributed by atoms with Crippen molar-refractivity contribution in [2.45, 2.75) is 6.92 Å². The molecule has 0 aliphatic rings. The van der Waals surface area contributed by atoms with E-state index >= 15 is 0 Å². The van der Waals surface area contributed by atoms with Crippen LogP contribution in [0.4, 0.5) is 5.69 Å². The van der Waals surface area contributed by atoms with Gasteiger partial charge in [0, 0.05) is 22.5 Å². The van der Waals surface area contributed by atoms with Crippen LogP contribution in [0.1, 0.15) is 15.9 Å². The molecule has 6 heteroatoms. The van der Waals surface area contributed by atoms with Crippen LogP contribution in [-0.2, 0) is 0 Å². The highest BCUT2D eigenvalue weighted by Crippen LogP contribution is 2.23. The molecule has 0 fully saturated rings. The van der Waals surface area contributed by atoms with Gasteiger partial charge in [-0.1, -0.05) is 48.0 Å². The van der Waals surface area contributed by atoms with Crippen LogP contribution in [0.3, 0.4) is 0 Å². The number of fused-ring (bicyclic) bond motifs is 1. The van der Waals surface area contributed by atoms with E-state index in [1.165, 1.54) is 6.20 Å². The lowest BCUT2D eigenvalue weighted by Gasteiger charge is -2.08. The summed E-state index contributed by atoms with van der Waals surface area (Å²) in [4.78, 5) is 17.1. The van der Waals surface area contributed by atoms with E-state index in [2.05, 4.69) is 15.4 Å². The molecule has 4 rings (SSSR count). The number of benzene rings is 2. The van der Waals surface area contributed by atoms with Gasteiger partial charge < -0.3 is 5.32 Å². The summed E-state index contributed by atoms with van der Waals surface area (Å²) in [7, 11) is 0. The van der Waals surface area contributed by atoms with E-state index in [9.17, 15) is 4.79 Å². The maximum absolute atomic E-state index is 12.8. The van der Waals surface area contributed by atoms with Gasteiger partial charge in [-0.3, -0.25) is 4.79 Å². The van der Waals surface area contributed by atoms with Crippen LogP contribution >= 0.6 is 11.6 Å². The number of nitrogens with zero attached hydrogens (tertiary/aromatic N) is 3. The first-order chi connectivity index (χ1) is 12.6. The number of amides is 1. The Kier molecular flexibility index (Phi) is 4.14. The molecule has 1 amide bonds. The lowest BCUT2D eigenvalue weighted by atomic mass is 10.1. The minimum absolute atomic E-state index is 0.275. The van der Waals surface area contributed by atoms with E-state index in [-0.39, 0.29) is 5.91 Å². The maximum atomic E-state index is 12.8. The number of aryl methyl sites for hydroxylation is 1. The molecule has 4 aromatic rings. The van der Waals surface area contributed by atoms with Crippen LogP contribution in [-0.4, -0.2) is 20.5 Å². The van der Waals surface area contributed by atoms with E-state index in [0.29, 0.717) is 21.9 Å². The molecular formula is C20H15ClN4O. The fourth-order valence-electron chi connectivity index (χ4n) is 2.80. The molecule has 2 aromatic heterocycles. The van der Waals surface area contributed by atoms with Crippen LogP contribution in [0.2, 0.25) is 5.02 Å². The molecule has 0 radical (unpaired) electrons. The molecule has 0 saturated carbocycles. The Bertz CT molecular complexity index is 1110. The highest BCUT2D eigenvalue weighted by molar-refractivity contribution is 6.31. The van der Waals surface area contributed by atoms with Crippen molar-refractivity contribution in [3.63, 3.8) is 0 Å². The molecular weight excluding hydrogens is 348 g/mol. The van der Waals surface area contributed by atoms with Crippen LogP contribution < -0.4 is 5.32 Å². The number of aromatic nitrogens is 3. The van der Waals surface area contributed by atoms with Gasteiger partial charge in [-0.05, 0) is 30.7 Å². The van der Waals surface area contributed by atoms with Crippen molar-refractivity contribution < 1.29 is 4.79 Å². The molecule has 0 aliphatic carbocycles. The highest BCUT2D eigenvalue weighted by Gasteiger charge is 2.17. The molecule has 2 aromatic carbocycles. The minimum Gasteiger partial charge on any atom is -0.322 e. The van der Waals surface area contributed by atoms with Gasteiger partial charge in [0.2, 0.25) is 0 Å². The second-order valence-electron chi connectivity index (χ2n) is 5.90. The summed E-state index contributed by atoms with van der Waals surface area (Å²) in [6.07, 6.45) is 3.21. The standard InChI is InChI=1S/C20H15ClN4O/c1-13-7-8-15(21)11-17(13)24-20(26)16-12-23-25-18(9-10-22-19(16)25)14-5-3-2-4-6-14/h2-12H,1H3,(H,24,26). The Morgan fingerprint density at radius 2 is 1.92 bits per heavy atom. The van der Waals surface area contributed by atoms with E-state index in [1.807, 2.05) is 49.4 Å². The Hall–Kier alpha value is -3.18. The quantitative estimate of drug-likeness (QED) is 0.579. The van der Waals surface area contributed by atoms with Crippen molar-refractivity contribution in [3.05, 3.63) is 83.1 Å². The van der Waals surface area contributed by atoms with Crippen LogP contribution in [0.25, 0.3) is 16.9 Å². The van der Waals surface area contributed by atoms with Crippen LogP contribution in [0.5, 0.6) is 0 Å².